The lowest BCUT2D eigenvalue weighted by Crippen LogP contribution is -2.04. The number of ether oxygens (including phenoxy) is 1. The van der Waals surface area contributed by atoms with Crippen molar-refractivity contribution >= 4 is 15.9 Å². The second kappa shape index (κ2) is 7.57. The summed E-state index contributed by atoms with van der Waals surface area (Å²) in [7, 11) is 0. The van der Waals surface area contributed by atoms with Crippen LogP contribution in [0, 0.1) is 5.82 Å². The maximum absolute atomic E-state index is 13.8. The van der Waals surface area contributed by atoms with E-state index in [2.05, 4.69) is 15.9 Å². The van der Waals surface area contributed by atoms with Gasteiger partial charge < -0.3 is 9.84 Å². The molecular weight excluding hydrogens is 335 g/mol. The van der Waals surface area contributed by atoms with Crippen molar-refractivity contribution in [1.82, 2.24) is 0 Å². The standard InChI is InChI=1S/C17H18BrFO2/c1-2-9-21-15-7-4-12(5-8-15)17(20)10-13-3-6-14(18)11-16(13)19/h3-8,11,17,20H,2,9-10H2,1H3. The lowest BCUT2D eigenvalue weighted by atomic mass is 10.0. The summed E-state index contributed by atoms with van der Waals surface area (Å²) in [5, 5.41) is 10.2. The van der Waals surface area contributed by atoms with Gasteiger partial charge in [0.1, 0.15) is 11.6 Å². The Kier molecular flexibility index (Phi) is 5.76. The third kappa shape index (κ3) is 4.55. The van der Waals surface area contributed by atoms with Crippen LogP contribution < -0.4 is 4.74 Å². The molecule has 0 heterocycles. The minimum absolute atomic E-state index is 0.244. The van der Waals surface area contributed by atoms with Crippen LogP contribution in [0.15, 0.2) is 46.9 Å². The zero-order valence-electron chi connectivity index (χ0n) is 11.9. The van der Waals surface area contributed by atoms with Crippen molar-refractivity contribution in [3.8, 4) is 5.75 Å². The van der Waals surface area contributed by atoms with E-state index >= 15 is 0 Å². The first kappa shape index (κ1) is 16.0. The van der Waals surface area contributed by atoms with Gasteiger partial charge in [-0.3, -0.25) is 0 Å². The Balaban J connectivity index is 2.04. The summed E-state index contributed by atoms with van der Waals surface area (Å²) in [6.07, 6.45) is 0.461. The van der Waals surface area contributed by atoms with E-state index in [1.165, 1.54) is 6.07 Å². The molecule has 2 nitrogen and oxygen atoms in total. The van der Waals surface area contributed by atoms with Crippen LogP contribution in [-0.2, 0) is 6.42 Å². The van der Waals surface area contributed by atoms with Crippen molar-refractivity contribution < 1.29 is 14.2 Å². The van der Waals surface area contributed by atoms with Crippen LogP contribution in [-0.4, -0.2) is 11.7 Å². The molecule has 112 valence electrons. The fourth-order valence-corrected chi connectivity index (χ4v) is 2.35. The van der Waals surface area contributed by atoms with E-state index in [1.54, 1.807) is 12.1 Å². The molecule has 2 rings (SSSR count). The minimum atomic E-state index is -0.735. The third-order valence-electron chi connectivity index (χ3n) is 3.17. The highest BCUT2D eigenvalue weighted by atomic mass is 79.9. The molecule has 0 radical (unpaired) electrons. The summed E-state index contributed by atoms with van der Waals surface area (Å²) < 4.78 is 20.0. The lowest BCUT2D eigenvalue weighted by Gasteiger charge is -2.13. The van der Waals surface area contributed by atoms with Gasteiger partial charge in [0.15, 0.2) is 0 Å². The monoisotopic (exact) mass is 352 g/mol. The molecule has 0 aliphatic carbocycles. The van der Waals surface area contributed by atoms with Gasteiger partial charge in [-0.25, -0.2) is 4.39 Å². The molecule has 0 aliphatic heterocycles. The van der Waals surface area contributed by atoms with Gasteiger partial charge in [-0.1, -0.05) is 41.1 Å². The summed E-state index contributed by atoms with van der Waals surface area (Å²) in [5.41, 5.74) is 1.25. The van der Waals surface area contributed by atoms with Crippen molar-refractivity contribution in [2.24, 2.45) is 0 Å². The number of benzene rings is 2. The number of aliphatic hydroxyl groups excluding tert-OH is 1. The van der Waals surface area contributed by atoms with Crippen molar-refractivity contribution in [3.05, 3.63) is 63.9 Å². The van der Waals surface area contributed by atoms with E-state index in [4.69, 9.17) is 4.74 Å². The molecule has 0 fully saturated rings. The topological polar surface area (TPSA) is 29.5 Å². The maximum atomic E-state index is 13.8. The highest BCUT2D eigenvalue weighted by molar-refractivity contribution is 9.10. The van der Waals surface area contributed by atoms with Crippen molar-refractivity contribution in [3.63, 3.8) is 0 Å². The Hall–Kier alpha value is -1.39. The van der Waals surface area contributed by atoms with Crippen LogP contribution in [0.4, 0.5) is 4.39 Å². The smallest absolute Gasteiger partial charge is 0.127 e. The number of hydrogen-bond acceptors (Lipinski definition) is 2. The Labute approximate surface area is 132 Å². The number of aliphatic hydroxyl groups is 1. The van der Waals surface area contributed by atoms with Gasteiger partial charge in [-0.15, -0.1) is 0 Å². The van der Waals surface area contributed by atoms with E-state index in [-0.39, 0.29) is 12.2 Å². The molecule has 0 spiro atoms. The normalized spacial score (nSPS) is 12.2. The van der Waals surface area contributed by atoms with Gasteiger partial charge in [0, 0.05) is 10.9 Å². The first-order chi connectivity index (χ1) is 10.1. The van der Waals surface area contributed by atoms with Crippen LogP contribution in [0.2, 0.25) is 0 Å². The van der Waals surface area contributed by atoms with E-state index in [0.29, 0.717) is 16.6 Å². The van der Waals surface area contributed by atoms with Gasteiger partial charge in [-0.05, 0) is 41.8 Å². The highest BCUT2D eigenvalue weighted by Crippen LogP contribution is 2.24. The summed E-state index contributed by atoms with van der Waals surface area (Å²) in [5.74, 6) is 0.467. The van der Waals surface area contributed by atoms with E-state index in [0.717, 1.165) is 17.7 Å². The van der Waals surface area contributed by atoms with Gasteiger partial charge in [-0.2, -0.15) is 0 Å². The summed E-state index contributed by atoms with van der Waals surface area (Å²) in [6.45, 7) is 2.72. The molecule has 4 heteroatoms. The van der Waals surface area contributed by atoms with Gasteiger partial charge in [0.2, 0.25) is 0 Å². The predicted octanol–water partition coefficient (Wildman–Crippen LogP) is 4.65. The van der Waals surface area contributed by atoms with Gasteiger partial charge in [0.25, 0.3) is 0 Å². The molecular formula is C17H18BrFO2. The molecule has 0 aromatic heterocycles. The number of hydrogen-bond donors (Lipinski definition) is 1. The quantitative estimate of drug-likeness (QED) is 0.819. The minimum Gasteiger partial charge on any atom is -0.494 e. The molecule has 2 aromatic rings. The SMILES string of the molecule is CCCOc1ccc(C(O)Cc2ccc(Br)cc2F)cc1. The van der Waals surface area contributed by atoms with Crippen LogP contribution >= 0.6 is 15.9 Å². The van der Waals surface area contributed by atoms with Crippen LogP contribution in [0.1, 0.15) is 30.6 Å². The Morgan fingerprint density at radius 2 is 1.90 bits per heavy atom. The highest BCUT2D eigenvalue weighted by Gasteiger charge is 2.12. The van der Waals surface area contributed by atoms with Crippen LogP contribution in [0.3, 0.4) is 0 Å². The Morgan fingerprint density at radius 3 is 2.52 bits per heavy atom. The van der Waals surface area contributed by atoms with Crippen molar-refractivity contribution in [2.45, 2.75) is 25.9 Å². The van der Waals surface area contributed by atoms with E-state index in [1.807, 2.05) is 31.2 Å². The number of rotatable bonds is 6. The predicted molar refractivity (Wildman–Crippen MR) is 85.0 cm³/mol. The largest absolute Gasteiger partial charge is 0.494 e. The Bertz CT molecular complexity index is 584. The summed E-state index contributed by atoms with van der Waals surface area (Å²) >= 11 is 3.22. The second-order valence-electron chi connectivity index (χ2n) is 4.87. The van der Waals surface area contributed by atoms with Crippen molar-refractivity contribution in [2.75, 3.05) is 6.61 Å². The van der Waals surface area contributed by atoms with Crippen molar-refractivity contribution in [1.29, 1.82) is 0 Å². The summed E-state index contributed by atoms with van der Waals surface area (Å²) in [6, 6.07) is 12.1. The maximum Gasteiger partial charge on any atom is 0.127 e. The molecule has 0 saturated heterocycles. The zero-order chi connectivity index (χ0) is 15.2. The molecule has 0 bridgehead atoms. The first-order valence-corrected chi connectivity index (χ1v) is 7.74. The van der Waals surface area contributed by atoms with Gasteiger partial charge >= 0.3 is 0 Å². The lowest BCUT2D eigenvalue weighted by molar-refractivity contribution is 0.177. The second-order valence-corrected chi connectivity index (χ2v) is 5.79. The zero-order valence-corrected chi connectivity index (χ0v) is 13.4. The molecule has 0 saturated carbocycles. The first-order valence-electron chi connectivity index (χ1n) is 6.95. The fraction of sp³-hybridized carbons (Fsp3) is 0.294. The Morgan fingerprint density at radius 1 is 1.19 bits per heavy atom. The fourth-order valence-electron chi connectivity index (χ4n) is 2.02. The van der Waals surface area contributed by atoms with E-state index < -0.39 is 6.10 Å². The molecule has 1 atom stereocenters. The van der Waals surface area contributed by atoms with Gasteiger partial charge in [0.05, 0.1) is 12.7 Å². The molecule has 21 heavy (non-hydrogen) atoms. The summed E-state index contributed by atoms with van der Waals surface area (Å²) in [4.78, 5) is 0. The molecule has 2 aromatic carbocycles. The molecule has 0 aliphatic rings. The third-order valence-corrected chi connectivity index (χ3v) is 3.66. The average molecular weight is 353 g/mol. The molecule has 0 amide bonds. The van der Waals surface area contributed by atoms with Crippen LogP contribution in [0.5, 0.6) is 5.75 Å². The molecule has 1 unspecified atom stereocenters. The average Bonchev–Trinajstić information content (AvgIpc) is 2.48. The number of halogens is 2. The molecule has 1 N–H and O–H groups in total. The van der Waals surface area contributed by atoms with E-state index in [9.17, 15) is 9.50 Å². The van der Waals surface area contributed by atoms with Crippen LogP contribution in [0.25, 0.3) is 0 Å².